The van der Waals surface area contributed by atoms with Crippen molar-refractivity contribution in [1.29, 1.82) is 0 Å². The molecule has 510 valence electrons. The molecule has 0 amide bonds. The molecule has 16 nitrogen and oxygen atoms in total. The minimum atomic E-state index is -1.01. The van der Waals surface area contributed by atoms with E-state index in [9.17, 15) is 14.7 Å². The Labute approximate surface area is 675 Å². The number of carbonyl (C=O) groups is 2. The van der Waals surface area contributed by atoms with Crippen LogP contribution in [0.25, 0.3) is 44.3 Å². The average Bonchev–Trinajstić information content (AvgIpc) is 1.66. The van der Waals surface area contributed by atoms with Gasteiger partial charge in [-0.15, -0.1) is 0 Å². The van der Waals surface area contributed by atoms with E-state index in [1.165, 1.54) is 7.11 Å². The summed E-state index contributed by atoms with van der Waals surface area (Å²) in [6.45, 7) is 9.15. The van der Waals surface area contributed by atoms with Gasteiger partial charge in [-0.3, -0.25) is 19.2 Å². The topological polar surface area (TPSA) is 164 Å². The number of carbonyl (C=O) groups excluding carboxylic acids is 1. The Bertz CT molecular complexity index is 3870. The summed E-state index contributed by atoms with van der Waals surface area (Å²) in [7, 11) is 2.52. The molecule has 4 aliphatic rings. The number of aryl methyl sites for hydroxylation is 2. The Morgan fingerprint density at radius 1 is 0.587 bits per heavy atom. The molecule has 0 radical (unpaired) electrons. The van der Waals surface area contributed by atoms with E-state index >= 15 is 0 Å². The molecule has 2 saturated carbocycles. The summed E-state index contributed by atoms with van der Waals surface area (Å²) >= 11 is 53.6. The third-order valence-corrected chi connectivity index (χ3v) is 1090. The Morgan fingerprint density at radius 2 is 0.978 bits per heavy atom. The van der Waals surface area contributed by atoms with Gasteiger partial charge in [0, 0.05) is 136 Å². The Balaban J connectivity index is 0.000000163. The molecule has 0 bridgehead atoms. The third-order valence-electron chi connectivity index (χ3n) is 15.5. The van der Waals surface area contributed by atoms with Gasteiger partial charge in [0.2, 0.25) is 0 Å². The molecule has 2 saturated heterocycles. The van der Waals surface area contributed by atoms with Crippen LogP contribution < -0.4 is 23.1 Å². The molecule has 1 N–H and O–H groups in total. The molecule has 0 unspecified atom stereocenters. The Kier molecular flexibility index (Phi) is 33.7. The molecule has 37 heteroatoms. The van der Waals surface area contributed by atoms with Gasteiger partial charge >= 0.3 is 248 Å². The van der Waals surface area contributed by atoms with E-state index in [0.29, 0.717) is 56.3 Å². The summed E-state index contributed by atoms with van der Waals surface area (Å²) in [5, 5.41) is 30.6. The molecular weight excluding hydrogens is 3200 g/mol. The number of hydrogen-bond acceptors (Lipinski definition) is 13. The van der Waals surface area contributed by atoms with Crippen LogP contribution in [0.4, 0.5) is 11.4 Å². The number of anilines is 2. The van der Waals surface area contributed by atoms with Gasteiger partial charge in [-0.05, 0) is 99.2 Å². The second-order valence-electron chi connectivity index (χ2n) is 21.0. The number of piperazine rings is 2. The van der Waals surface area contributed by atoms with E-state index < -0.39 is 19.8 Å². The zero-order valence-corrected chi connectivity index (χ0v) is 88.0. The van der Waals surface area contributed by atoms with Crippen LogP contribution in [-0.4, -0.2) is 129 Å². The van der Waals surface area contributed by atoms with Crippen LogP contribution in [0, 0.1) is 0 Å². The van der Waals surface area contributed by atoms with Crippen LogP contribution >= 0.6 is 269 Å². The summed E-state index contributed by atoms with van der Waals surface area (Å²) < 4.78 is 19.9. The number of aromatic nitrogens is 6. The number of carboxylic acid groups (broad SMARTS) is 1. The van der Waals surface area contributed by atoms with Crippen LogP contribution in [0.1, 0.15) is 81.1 Å². The van der Waals surface area contributed by atoms with E-state index in [0.717, 1.165) is 177 Å². The van der Waals surface area contributed by atoms with Crippen LogP contribution in [0.5, 0.6) is 0 Å². The van der Waals surface area contributed by atoms with Crippen LogP contribution in [0.15, 0.2) is 81.8 Å². The fourth-order valence-electron chi connectivity index (χ4n) is 10.8. The first-order valence-corrected chi connectivity index (χ1v) is 130. The zero-order chi connectivity index (χ0) is 65.8. The fourth-order valence-corrected chi connectivity index (χ4v) is 2320. The van der Waals surface area contributed by atoms with Crippen molar-refractivity contribution in [1.82, 2.24) is 39.7 Å². The third kappa shape index (κ3) is 20.5. The summed E-state index contributed by atoms with van der Waals surface area (Å²) in [5.41, 5.74) is 9.68. The van der Waals surface area contributed by atoms with Gasteiger partial charge in [-0.2, -0.15) is 10.2 Å². The van der Waals surface area contributed by atoms with E-state index in [2.05, 4.69) is 220 Å². The maximum atomic E-state index is 12.1. The molecular formula is C55H56Cl4I17N10O6-. The number of halogens is 21. The first-order chi connectivity index (χ1) is 44.1. The molecule has 4 aromatic carbocycles. The first-order valence-electron chi connectivity index (χ1n) is 27.7. The second kappa shape index (κ2) is 38.4. The maximum absolute atomic E-state index is 12.1. The van der Waals surface area contributed by atoms with Gasteiger partial charge in [0.05, 0.1) is 38.2 Å². The molecule has 4 aromatic heterocycles. The quantitative estimate of drug-likeness (QED) is 0.0534. The van der Waals surface area contributed by atoms with Crippen molar-refractivity contribution in [3.63, 3.8) is 0 Å². The number of esters is 1. The Morgan fingerprint density at radius 3 is 1.36 bits per heavy atom. The van der Waals surface area contributed by atoms with Crippen molar-refractivity contribution >= 4 is 314 Å². The molecule has 4 fully saturated rings. The molecule has 12 rings (SSSR count). The van der Waals surface area contributed by atoms with E-state index in [-0.39, 0.29) is 53.1 Å². The molecule has 92 heavy (non-hydrogen) atoms. The summed E-state index contributed by atoms with van der Waals surface area (Å²) in [5.74, 6) is 1.43. The van der Waals surface area contributed by atoms with Crippen LogP contribution in [-0.2, 0) is 31.7 Å². The van der Waals surface area contributed by atoms with Gasteiger partial charge in [0.1, 0.15) is 22.9 Å². The second-order valence-corrected chi connectivity index (χ2v) is 380. The number of hydrogen-bond donors (Lipinski definition) is 1. The fraction of sp³-hybridized carbons (Fsp3) is 0.382. The van der Waals surface area contributed by atoms with Gasteiger partial charge in [0.15, 0.2) is 11.4 Å². The first kappa shape index (κ1) is 80.8. The van der Waals surface area contributed by atoms with Crippen molar-refractivity contribution in [2.45, 2.75) is 50.4 Å². The van der Waals surface area contributed by atoms with Crippen LogP contribution in [0.3, 0.4) is 0 Å². The standard InChI is InChI=1S/C28H29Cl2N5O3.C27H27Cl2N5O3.I17/c1-33-23-16-18(8-9-19(23)26(31-33)28(36)37-2)35-14-12-34(13-15-35)11-10-20-25(32-38-27(20)17-6-7-17)24-21(29)4-3-5-22(24)30;1-32-22-15-17(7-8-18(22)25(30-32)27(35)36)34-13-11-33(12-14-34)10-9-19-24(31-37-26(19)16-5-6-16)23-20(28)3-2-4-21(23)29;1-10-12(4)14(6)16(8)17(9)15(7)13(5)11(2)3/h3-5,8-9,16-17H,6-7,10-15H2,1-2H3;2-4,7-8,15-16H,5-6,9-14H2,1H3,(H,35,36);/q;;-1. The average molecular weight is 3250 g/mol. The molecule has 8 aromatic rings. The number of benzene rings is 4. The normalized spacial score (nSPS) is 16.6. The van der Waals surface area contributed by atoms with Gasteiger partial charge in [-0.1, -0.05) is 68.8 Å². The van der Waals surface area contributed by atoms with E-state index in [1.807, 2.05) is 67.7 Å². The molecule has 2 aliphatic carbocycles. The summed E-state index contributed by atoms with van der Waals surface area (Å²) in [6, 6.07) is 23.1. The molecule has 2 aliphatic heterocycles. The predicted molar refractivity (Wildman–Crippen MR) is 517 cm³/mol. The molecule has 0 atom stereocenters. The minimum absolute atomic E-state index is 0.0885. The number of nitrogens with zero attached hydrogens (tertiary/aromatic N) is 10. The Hall–Kier alpha value is 6.27. The van der Waals surface area contributed by atoms with Crippen LogP contribution in [0.2, 0.25) is 20.1 Å². The SMILES string of the molecule is COC(=O)c1nn(C)c2cc(N3CCN(CCc4c(-c5c(Cl)cccc5Cl)noc4C4CC4)CC3)ccc12.Cn1nc(C(=O)O)c2ccc(N3CCN(CCc4c(-c5c(Cl)cccc5Cl)noc4C4CC4)CC3)cc21.I[I-]I(I)I(I)I(I)I(I)I(I)I(I)I(I)I. The number of methoxy groups -OCH3 is 1. The summed E-state index contributed by atoms with van der Waals surface area (Å²) in [4.78, 5) is 33.2. The van der Waals surface area contributed by atoms with Gasteiger partial charge in [-0.25, -0.2) is 9.59 Å². The van der Waals surface area contributed by atoms with Crippen molar-refractivity contribution in [2.24, 2.45) is 14.1 Å². The van der Waals surface area contributed by atoms with Crippen molar-refractivity contribution in [3.8, 4) is 22.5 Å². The number of ether oxygens (including phenoxy) is 1. The molecule has 0 spiro atoms. The monoisotopic (exact) mass is 3250 g/mol. The zero-order valence-electron chi connectivity index (χ0n) is 48.3. The van der Waals surface area contributed by atoms with Gasteiger partial charge < -0.3 is 28.7 Å². The van der Waals surface area contributed by atoms with E-state index in [4.69, 9.17) is 60.2 Å². The summed E-state index contributed by atoms with van der Waals surface area (Å²) in [6.07, 6.45) is 6.20. The number of fused-ring (bicyclic) bond motifs is 2. The van der Waals surface area contributed by atoms with Crippen molar-refractivity contribution < 1.29 is 41.7 Å². The number of rotatable bonds is 21. The van der Waals surface area contributed by atoms with Crippen molar-refractivity contribution in [2.75, 3.05) is 82.4 Å². The van der Waals surface area contributed by atoms with Gasteiger partial charge in [0.25, 0.3) is 0 Å². The van der Waals surface area contributed by atoms with Crippen molar-refractivity contribution in [3.05, 3.63) is 127 Å². The number of aromatic carboxylic acids is 1. The molecule has 6 heterocycles. The predicted octanol–water partition coefficient (Wildman–Crippen LogP) is 22.2. The number of carboxylic acids is 1. The van der Waals surface area contributed by atoms with E-state index in [1.54, 1.807) is 16.4 Å².